The van der Waals surface area contributed by atoms with Gasteiger partial charge in [-0.05, 0) is 42.2 Å². The second-order valence-corrected chi connectivity index (χ2v) is 9.07. The fourth-order valence-corrected chi connectivity index (χ4v) is 4.34. The molecule has 0 bridgehead atoms. The summed E-state index contributed by atoms with van der Waals surface area (Å²) in [5.41, 5.74) is 6.37. The van der Waals surface area contributed by atoms with E-state index in [9.17, 15) is 4.21 Å². The second kappa shape index (κ2) is 10.2. The Kier molecular flexibility index (Phi) is 6.65. The van der Waals surface area contributed by atoms with Gasteiger partial charge in [0.15, 0.2) is 16.7 Å². The monoisotopic (exact) mass is 501 g/mol. The quantitative estimate of drug-likeness (QED) is 0.267. The summed E-state index contributed by atoms with van der Waals surface area (Å²) in [5, 5.41) is 3.34. The molecule has 182 valence electrons. The third kappa shape index (κ3) is 5.21. The van der Waals surface area contributed by atoms with Gasteiger partial charge in [-0.1, -0.05) is 24.3 Å². The van der Waals surface area contributed by atoms with E-state index in [4.69, 9.17) is 19.3 Å². The first kappa shape index (κ1) is 23.5. The summed E-state index contributed by atoms with van der Waals surface area (Å²) in [5.74, 6) is 1.84. The molecule has 4 aromatic heterocycles. The van der Waals surface area contributed by atoms with E-state index in [1.165, 1.54) is 0 Å². The first-order chi connectivity index (χ1) is 17.5. The maximum absolute atomic E-state index is 11.1. The molecule has 0 aliphatic carbocycles. The zero-order chi connectivity index (χ0) is 25.1. The fourth-order valence-electron chi connectivity index (χ4n) is 3.87. The van der Waals surface area contributed by atoms with Crippen LogP contribution in [0.15, 0.2) is 61.2 Å². The van der Waals surface area contributed by atoms with Crippen molar-refractivity contribution in [3.63, 3.8) is 0 Å². The number of aromatic amines is 1. The largest absolute Gasteiger partial charge is 0.481 e. The van der Waals surface area contributed by atoms with Crippen molar-refractivity contribution in [1.29, 1.82) is 0 Å². The van der Waals surface area contributed by atoms with Gasteiger partial charge in [-0.25, -0.2) is 29.1 Å². The van der Waals surface area contributed by atoms with Crippen LogP contribution in [0.2, 0.25) is 0 Å². The number of rotatable bonds is 8. The molecule has 0 aliphatic rings. The molecule has 5 aromatic rings. The summed E-state index contributed by atoms with van der Waals surface area (Å²) in [4.78, 5) is 25.6. The SMILES string of the molecule is COc1ccc(Nc2ncc(Cc3ccc(CS(=O)O)cc3)cc2-c2nc(C)nc3nc[nH]c23)cn1. The summed E-state index contributed by atoms with van der Waals surface area (Å²) in [7, 11) is 1.57. The molecule has 10 nitrogen and oxygen atoms in total. The normalized spacial score (nSPS) is 12.0. The van der Waals surface area contributed by atoms with Crippen LogP contribution in [0.5, 0.6) is 5.88 Å². The van der Waals surface area contributed by atoms with Crippen LogP contribution in [0.4, 0.5) is 11.5 Å². The first-order valence-corrected chi connectivity index (χ1v) is 12.4. The molecular weight excluding hydrogens is 478 g/mol. The number of H-pyrrole nitrogens is 1. The van der Waals surface area contributed by atoms with Gasteiger partial charge in [0.25, 0.3) is 0 Å². The molecule has 0 saturated heterocycles. The molecule has 1 atom stereocenters. The Balaban J connectivity index is 1.53. The van der Waals surface area contributed by atoms with Crippen LogP contribution in [0.25, 0.3) is 22.4 Å². The smallest absolute Gasteiger partial charge is 0.213 e. The number of nitrogens with zero attached hydrogens (tertiary/aromatic N) is 5. The molecule has 0 spiro atoms. The molecule has 0 saturated carbocycles. The highest BCUT2D eigenvalue weighted by atomic mass is 32.2. The molecule has 0 radical (unpaired) electrons. The molecule has 0 fully saturated rings. The molecule has 0 aliphatic heterocycles. The summed E-state index contributed by atoms with van der Waals surface area (Å²) in [6.45, 7) is 1.83. The minimum absolute atomic E-state index is 0.111. The number of hydrogen-bond donors (Lipinski definition) is 3. The van der Waals surface area contributed by atoms with E-state index < -0.39 is 11.1 Å². The zero-order valence-corrected chi connectivity index (χ0v) is 20.4. The topological polar surface area (TPSA) is 139 Å². The molecule has 11 heteroatoms. The van der Waals surface area contributed by atoms with Gasteiger partial charge in [-0.2, -0.15) is 0 Å². The van der Waals surface area contributed by atoms with Gasteiger partial charge in [-0.3, -0.25) is 0 Å². The number of fused-ring (bicyclic) bond motifs is 1. The third-order valence-corrected chi connectivity index (χ3v) is 6.11. The predicted octanol–water partition coefficient (Wildman–Crippen LogP) is 4.18. The average molecular weight is 502 g/mol. The Bertz CT molecular complexity index is 1540. The average Bonchev–Trinajstić information content (AvgIpc) is 3.34. The van der Waals surface area contributed by atoms with Gasteiger partial charge in [0.05, 0.1) is 31.1 Å². The van der Waals surface area contributed by atoms with E-state index in [1.54, 1.807) is 25.7 Å². The lowest BCUT2D eigenvalue weighted by atomic mass is 10.0. The van der Waals surface area contributed by atoms with Gasteiger partial charge in [0, 0.05) is 17.8 Å². The molecule has 5 rings (SSSR count). The molecule has 3 N–H and O–H groups in total. The van der Waals surface area contributed by atoms with Gasteiger partial charge in [-0.15, -0.1) is 0 Å². The molecule has 1 aromatic carbocycles. The number of methoxy groups -OCH3 is 1. The van der Waals surface area contributed by atoms with Gasteiger partial charge < -0.3 is 19.6 Å². The van der Waals surface area contributed by atoms with Crippen LogP contribution in [0.1, 0.15) is 22.5 Å². The van der Waals surface area contributed by atoms with E-state index in [1.807, 2.05) is 49.5 Å². The van der Waals surface area contributed by atoms with Gasteiger partial charge >= 0.3 is 0 Å². The molecule has 36 heavy (non-hydrogen) atoms. The number of ether oxygens (including phenoxy) is 1. The lowest BCUT2D eigenvalue weighted by Gasteiger charge is -2.14. The number of nitrogens with one attached hydrogen (secondary N) is 2. The Hall–Kier alpha value is -4.22. The maximum atomic E-state index is 11.1. The number of aromatic nitrogens is 6. The summed E-state index contributed by atoms with van der Waals surface area (Å²) >= 11 is -1.87. The van der Waals surface area contributed by atoms with E-state index >= 15 is 0 Å². The van der Waals surface area contributed by atoms with Crippen LogP contribution in [0.3, 0.4) is 0 Å². The minimum Gasteiger partial charge on any atom is -0.481 e. The van der Waals surface area contributed by atoms with Crippen LogP contribution in [-0.4, -0.2) is 45.8 Å². The van der Waals surface area contributed by atoms with Gasteiger partial charge in [0.2, 0.25) is 5.88 Å². The maximum Gasteiger partial charge on any atom is 0.213 e. The zero-order valence-electron chi connectivity index (χ0n) is 19.6. The van der Waals surface area contributed by atoms with Crippen molar-refractivity contribution in [1.82, 2.24) is 29.9 Å². The highest BCUT2D eigenvalue weighted by molar-refractivity contribution is 7.78. The van der Waals surface area contributed by atoms with Crippen molar-refractivity contribution in [2.24, 2.45) is 0 Å². The highest BCUT2D eigenvalue weighted by Crippen LogP contribution is 2.32. The summed E-state index contributed by atoms with van der Waals surface area (Å²) < 4.78 is 25.3. The predicted molar refractivity (Wildman–Crippen MR) is 137 cm³/mol. The van der Waals surface area contributed by atoms with E-state index in [0.717, 1.165) is 33.5 Å². The fraction of sp³-hybridized carbons (Fsp3) is 0.160. The van der Waals surface area contributed by atoms with Crippen molar-refractivity contribution in [3.05, 3.63) is 83.7 Å². The number of aryl methyl sites for hydroxylation is 1. The molecule has 0 amide bonds. The van der Waals surface area contributed by atoms with Crippen molar-refractivity contribution < 1.29 is 13.5 Å². The van der Waals surface area contributed by atoms with Crippen molar-refractivity contribution in [2.45, 2.75) is 19.1 Å². The Morgan fingerprint density at radius 2 is 1.81 bits per heavy atom. The number of imidazole rings is 1. The molecule has 1 unspecified atom stereocenters. The number of pyridine rings is 2. The van der Waals surface area contributed by atoms with Crippen LogP contribution in [-0.2, 0) is 23.3 Å². The number of hydrogen-bond acceptors (Lipinski definition) is 8. The van der Waals surface area contributed by atoms with Crippen LogP contribution >= 0.6 is 0 Å². The molecular formula is C25H23N7O3S. The molecule has 4 heterocycles. The Morgan fingerprint density at radius 3 is 2.53 bits per heavy atom. The second-order valence-electron chi connectivity index (χ2n) is 8.13. The van der Waals surface area contributed by atoms with Gasteiger partial charge in [0.1, 0.15) is 22.9 Å². The lowest BCUT2D eigenvalue weighted by Crippen LogP contribution is -2.02. The minimum atomic E-state index is -1.87. The van der Waals surface area contributed by atoms with E-state index in [-0.39, 0.29) is 5.75 Å². The number of anilines is 2. The first-order valence-electron chi connectivity index (χ1n) is 11.1. The standard InChI is InChI=1S/C25H23N7O3S/c1-15-30-22(23-25(31-15)29-14-28-23)20-10-18(9-16-3-5-17(6-4-16)13-36(33)34)11-27-24(20)32-19-7-8-21(35-2)26-12-19/h3-8,10-12,14H,9,13H2,1-2H3,(H,27,32)(H,33,34)(H,28,29,30,31). The summed E-state index contributed by atoms with van der Waals surface area (Å²) in [6.07, 6.45) is 5.72. The van der Waals surface area contributed by atoms with Crippen molar-refractivity contribution >= 4 is 33.7 Å². The van der Waals surface area contributed by atoms with Crippen molar-refractivity contribution in [3.8, 4) is 17.1 Å². The van der Waals surface area contributed by atoms with E-state index in [0.29, 0.717) is 35.3 Å². The third-order valence-electron chi connectivity index (χ3n) is 5.53. The van der Waals surface area contributed by atoms with Crippen molar-refractivity contribution in [2.75, 3.05) is 12.4 Å². The van der Waals surface area contributed by atoms with Crippen LogP contribution in [0, 0.1) is 6.92 Å². The summed E-state index contributed by atoms with van der Waals surface area (Å²) in [6, 6.07) is 13.3. The number of benzene rings is 1. The highest BCUT2D eigenvalue weighted by Gasteiger charge is 2.17. The Morgan fingerprint density at radius 1 is 1.00 bits per heavy atom. The lowest BCUT2D eigenvalue weighted by molar-refractivity contribution is 0.398. The Labute approximate surface area is 209 Å². The van der Waals surface area contributed by atoms with E-state index in [2.05, 4.69) is 25.3 Å². The van der Waals surface area contributed by atoms with Crippen LogP contribution < -0.4 is 10.1 Å².